The zero-order valence-corrected chi connectivity index (χ0v) is 13.3. The fraction of sp³-hybridized carbons (Fsp3) is 0.733. The summed E-state index contributed by atoms with van der Waals surface area (Å²) < 4.78 is 0. The van der Waals surface area contributed by atoms with E-state index in [1.807, 2.05) is 5.38 Å². The fourth-order valence-electron chi connectivity index (χ4n) is 2.38. The van der Waals surface area contributed by atoms with Crippen LogP contribution in [0.25, 0.3) is 0 Å². The van der Waals surface area contributed by atoms with Gasteiger partial charge in [0.1, 0.15) is 0 Å². The van der Waals surface area contributed by atoms with E-state index in [4.69, 9.17) is 5.73 Å². The maximum absolute atomic E-state index is 11.7. The molecule has 0 amide bonds. The molecule has 0 aromatic carbocycles. The molecule has 0 radical (unpaired) electrons. The Morgan fingerprint density at radius 2 is 2.15 bits per heavy atom. The van der Waals surface area contributed by atoms with Gasteiger partial charge in [-0.15, -0.1) is 11.3 Å². The van der Waals surface area contributed by atoms with Gasteiger partial charge in [-0.3, -0.25) is 4.79 Å². The van der Waals surface area contributed by atoms with Crippen molar-refractivity contribution in [3.63, 3.8) is 0 Å². The zero-order valence-electron chi connectivity index (χ0n) is 12.5. The predicted molar refractivity (Wildman–Crippen MR) is 81.0 cm³/mol. The number of aliphatic carboxylic acids is 1. The standard InChI is InChI=1S/C15H24N2O2S/c1-14(2,3)11-8-20-12(17-11)7-15(9-16,13(18)19)6-10-4-5-10/h8,10H,4-7,9,16H2,1-3H3,(H,18,19). The molecule has 5 heteroatoms. The van der Waals surface area contributed by atoms with E-state index in [-0.39, 0.29) is 12.0 Å². The van der Waals surface area contributed by atoms with E-state index in [1.165, 1.54) is 0 Å². The first-order valence-corrected chi connectivity index (χ1v) is 8.03. The molecule has 1 fully saturated rings. The monoisotopic (exact) mass is 296 g/mol. The molecule has 0 aliphatic heterocycles. The molecule has 1 atom stereocenters. The Balaban J connectivity index is 2.18. The Kier molecular flexibility index (Phi) is 4.21. The van der Waals surface area contributed by atoms with Gasteiger partial charge in [0, 0.05) is 23.8 Å². The van der Waals surface area contributed by atoms with Crippen molar-refractivity contribution >= 4 is 17.3 Å². The summed E-state index contributed by atoms with van der Waals surface area (Å²) in [5.41, 5.74) is 6.01. The second-order valence-corrected chi connectivity index (χ2v) is 7.93. The van der Waals surface area contributed by atoms with Crippen LogP contribution in [0.5, 0.6) is 0 Å². The van der Waals surface area contributed by atoms with Crippen molar-refractivity contribution in [1.82, 2.24) is 4.98 Å². The molecule has 0 spiro atoms. The molecule has 0 bridgehead atoms. The lowest BCUT2D eigenvalue weighted by atomic mass is 9.79. The molecule has 1 unspecified atom stereocenters. The summed E-state index contributed by atoms with van der Waals surface area (Å²) in [6.45, 7) is 6.53. The minimum absolute atomic E-state index is 0.000158. The smallest absolute Gasteiger partial charge is 0.311 e. The van der Waals surface area contributed by atoms with Gasteiger partial charge in [-0.05, 0) is 12.3 Å². The first kappa shape index (κ1) is 15.4. The molecular weight excluding hydrogens is 272 g/mol. The number of rotatable bonds is 6. The summed E-state index contributed by atoms with van der Waals surface area (Å²) in [6.07, 6.45) is 3.42. The Morgan fingerprint density at radius 3 is 2.55 bits per heavy atom. The highest BCUT2D eigenvalue weighted by atomic mass is 32.1. The molecule has 112 valence electrons. The second-order valence-electron chi connectivity index (χ2n) is 6.99. The van der Waals surface area contributed by atoms with Gasteiger partial charge >= 0.3 is 5.97 Å². The molecule has 20 heavy (non-hydrogen) atoms. The highest BCUT2D eigenvalue weighted by Crippen LogP contribution is 2.42. The van der Waals surface area contributed by atoms with Gasteiger partial charge in [0.25, 0.3) is 0 Å². The van der Waals surface area contributed by atoms with Crippen LogP contribution < -0.4 is 5.73 Å². The molecule has 1 aromatic rings. The number of thiazole rings is 1. The highest BCUT2D eigenvalue weighted by molar-refractivity contribution is 7.09. The van der Waals surface area contributed by atoms with Crippen molar-refractivity contribution in [2.24, 2.45) is 17.1 Å². The third-order valence-electron chi connectivity index (χ3n) is 4.03. The van der Waals surface area contributed by atoms with E-state index >= 15 is 0 Å². The number of carboxylic acid groups (broad SMARTS) is 1. The average Bonchev–Trinajstić information content (AvgIpc) is 3.02. The van der Waals surface area contributed by atoms with Gasteiger partial charge < -0.3 is 10.8 Å². The normalized spacial score (nSPS) is 18.8. The van der Waals surface area contributed by atoms with Gasteiger partial charge in [-0.2, -0.15) is 0 Å². The van der Waals surface area contributed by atoms with E-state index in [2.05, 4.69) is 25.8 Å². The molecular formula is C15H24N2O2S. The topological polar surface area (TPSA) is 76.2 Å². The van der Waals surface area contributed by atoms with Gasteiger partial charge in [0.2, 0.25) is 0 Å². The molecule has 1 heterocycles. The number of nitrogens with two attached hydrogens (primary N) is 1. The van der Waals surface area contributed by atoms with E-state index in [0.717, 1.165) is 23.5 Å². The van der Waals surface area contributed by atoms with Crippen LogP contribution in [0.3, 0.4) is 0 Å². The van der Waals surface area contributed by atoms with Gasteiger partial charge in [-0.25, -0.2) is 4.98 Å². The van der Waals surface area contributed by atoms with Crippen molar-refractivity contribution < 1.29 is 9.90 Å². The predicted octanol–water partition coefficient (Wildman–Crippen LogP) is 2.81. The summed E-state index contributed by atoms with van der Waals surface area (Å²) in [6, 6.07) is 0. The van der Waals surface area contributed by atoms with Crippen LogP contribution in [0, 0.1) is 11.3 Å². The SMILES string of the molecule is CC(C)(C)c1csc(CC(CN)(CC2CC2)C(=O)O)n1. The minimum atomic E-state index is -0.839. The fourth-order valence-corrected chi connectivity index (χ4v) is 3.54. The molecule has 1 aliphatic carbocycles. The molecule has 4 nitrogen and oxygen atoms in total. The molecule has 1 aliphatic rings. The Hall–Kier alpha value is -0.940. The summed E-state index contributed by atoms with van der Waals surface area (Å²) in [7, 11) is 0. The van der Waals surface area contributed by atoms with Crippen LogP contribution in [0.1, 0.15) is 50.7 Å². The number of nitrogens with zero attached hydrogens (tertiary/aromatic N) is 1. The number of carboxylic acids is 1. The first-order chi connectivity index (χ1) is 9.27. The molecule has 1 saturated carbocycles. The third-order valence-corrected chi connectivity index (χ3v) is 4.88. The molecule has 2 rings (SSSR count). The maximum atomic E-state index is 11.7. The second kappa shape index (κ2) is 5.45. The van der Waals surface area contributed by atoms with Crippen molar-refractivity contribution in [2.75, 3.05) is 6.54 Å². The largest absolute Gasteiger partial charge is 0.481 e. The van der Waals surface area contributed by atoms with Crippen LogP contribution in [-0.4, -0.2) is 22.6 Å². The zero-order chi connectivity index (χ0) is 15.0. The van der Waals surface area contributed by atoms with E-state index in [1.54, 1.807) is 11.3 Å². The quantitative estimate of drug-likeness (QED) is 0.846. The number of hydrogen-bond acceptors (Lipinski definition) is 4. The van der Waals surface area contributed by atoms with Crippen molar-refractivity contribution in [3.05, 3.63) is 16.1 Å². The van der Waals surface area contributed by atoms with Crippen LogP contribution in [0.4, 0.5) is 0 Å². The van der Waals surface area contributed by atoms with Crippen molar-refractivity contribution in [2.45, 2.75) is 51.9 Å². The lowest BCUT2D eigenvalue weighted by Crippen LogP contribution is -2.41. The van der Waals surface area contributed by atoms with Crippen molar-refractivity contribution in [3.8, 4) is 0 Å². The molecule has 1 aromatic heterocycles. The van der Waals surface area contributed by atoms with E-state index in [0.29, 0.717) is 18.8 Å². The van der Waals surface area contributed by atoms with Crippen LogP contribution in [0.2, 0.25) is 0 Å². The highest BCUT2D eigenvalue weighted by Gasteiger charge is 2.43. The van der Waals surface area contributed by atoms with Gasteiger partial charge in [0.05, 0.1) is 16.1 Å². The summed E-state index contributed by atoms with van der Waals surface area (Å²) >= 11 is 1.55. The maximum Gasteiger partial charge on any atom is 0.311 e. The average molecular weight is 296 g/mol. The summed E-state index contributed by atoms with van der Waals surface area (Å²) in [5.74, 6) is -0.240. The third kappa shape index (κ3) is 3.38. The summed E-state index contributed by atoms with van der Waals surface area (Å²) in [4.78, 5) is 16.3. The van der Waals surface area contributed by atoms with E-state index < -0.39 is 11.4 Å². The summed E-state index contributed by atoms with van der Waals surface area (Å²) in [5, 5.41) is 12.6. The van der Waals surface area contributed by atoms with Crippen molar-refractivity contribution in [1.29, 1.82) is 0 Å². The molecule has 3 N–H and O–H groups in total. The van der Waals surface area contributed by atoms with Crippen LogP contribution >= 0.6 is 11.3 Å². The van der Waals surface area contributed by atoms with Gasteiger partial charge in [-0.1, -0.05) is 33.6 Å². The Bertz CT molecular complexity index is 488. The lowest BCUT2D eigenvalue weighted by molar-refractivity contribution is -0.149. The van der Waals surface area contributed by atoms with Gasteiger partial charge in [0.15, 0.2) is 0 Å². The number of aromatic nitrogens is 1. The Morgan fingerprint density at radius 1 is 1.50 bits per heavy atom. The number of hydrogen-bond donors (Lipinski definition) is 2. The Labute approximate surface area is 124 Å². The van der Waals surface area contributed by atoms with Crippen LogP contribution in [-0.2, 0) is 16.6 Å². The minimum Gasteiger partial charge on any atom is -0.481 e. The van der Waals surface area contributed by atoms with E-state index in [9.17, 15) is 9.90 Å². The lowest BCUT2D eigenvalue weighted by Gasteiger charge is -2.27. The van der Waals surface area contributed by atoms with Crippen LogP contribution in [0.15, 0.2) is 5.38 Å². The number of carbonyl (C=O) groups is 1. The first-order valence-electron chi connectivity index (χ1n) is 7.15. The molecule has 0 saturated heterocycles.